The number of H-pyrrole nitrogens is 1. The molecule has 3 N–H and O–H groups in total. The second-order valence-corrected chi connectivity index (χ2v) is 6.35. The maximum absolute atomic E-state index is 7.63. The standard InChI is InChI=1S/C16H21N3S/c1-10-5-7-12(8-6-10)18-13-4-2-3-11-9-14(16(17)20)19-15(11)13/h2-4,9-10,12,18-19H,5-8H2,1H3,(H2,17,20). The second-order valence-electron chi connectivity index (χ2n) is 5.90. The van der Waals surface area contributed by atoms with E-state index in [1.54, 1.807) is 0 Å². The van der Waals surface area contributed by atoms with Crippen LogP contribution in [0.1, 0.15) is 38.3 Å². The molecule has 3 nitrogen and oxygen atoms in total. The average molecular weight is 287 g/mol. The summed E-state index contributed by atoms with van der Waals surface area (Å²) < 4.78 is 0. The molecule has 0 unspecified atom stereocenters. The van der Waals surface area contributed by atoms with Gasteiger partial charge < -0.3 is 10.3 Å². The quantitative estimate of drug-likeness (QED) is 0.377. The Kier molecular flexibility index (Phi) is 3.74. The fraction of sp³-hybridized carbons (Fsp3) is 0.438. The first-order valence-corrected chi connectivity index (χ1v) is 7.74. The molecule has 20 heavy (non-hydrogen) atoms. The summed E-state index contributed by atoms with van der Waals surface area (Å²) in [5, 5.41) is 12.7. The lowest BCUT2D eigenvalue weighted by Gasteiger charge is -2.27. The van der Waals surface area contributed by atoms with Gasteiger partial charge in [0.05, 0.1) is 16.9 Å². The molecule has 0 bridgehead atoms. The van der Waals surface area contributed by atoms with Crippen molar-refractivity contribution in [2.45, 2.75) is 38.6 Å². The van der Waals surface area contributed by atoms with Gasteiger partial charge in [-0.25, -0.2) is 0 Å². The number of para-hydroxylation sites is 1. The summed E-state index contributed by atoms with van der Waals surface area (Å²) in [6.45, 7) is 2.34. The molecule has 1 fully saturated rings. The Balaban J connectivity index is 1.85. The summed E-state index contributed by atoms with van der Waals surface area (Å²) in [5.74, 6) is 0.866. The van der Waals surface area contributed by atoms with E-state index < -0.39 is 0 Å². The molecule has 3 rings (SSSR count). The van der Waals surface area contributed by atoms with Gasteiger partial charge in [0.1, 0.15) is 5.04 Å². The van der Waals surface area contributed by atoms with Crippen molar-refractivity contribution in [3.63, 3.8) is 0 Å². The van der Waals surface area contributed by atoms with Gasteiger partial charge in [-0.1, -0.05) is 19.1 Å². The first-order valence-electron chi connectivity index (χ1n) is 7.29. The molecular formula is C16H21N3S. The minimum Gasteiger partial charge on any atom is -0.381 e. The zero-order valence-corrected chi connectivity index (χ0v) is 12.6. The Morgan fingerprint density at radius 2 is 2.05 bits per heavy atom. The van der Waals surface area contributed by atoms with Crippen molar-refractivity contribution in [1.29, 1.82) is 5.41 Å². The third-order valence-corrected chi connectivity index (χ3v) is 4.53. The lowest BCUT2D eigenvalue weighted by atomic mass is 9.87. The van der Waals surface area contributed by atoms with Crippen LogP contribution in [0.25, 0.3) is 10.9 Å². The SMILES string of the molecule is CC1CCC(Nc2cccc3cc(C(=N)S)[nH]c23)CC1. The minimum absolute atomic E-state index is 0.277. The highest BCUT2D eigenvalue weighted by atomic mass is 32.1. The molecule has 4 heteroatoms. The Labute approximate surface area is 125 Å². The highest BCUT2D eigenvalue weighted by Gasteiger charge is 2.18. The fourth-order valence-corrected chi connectivity index (χ4v) is 3.15. The van der Waals surface area contributed by atoms with E-state index in [0.717, 1.165) is 28.2 Å². The maximum Gasteiger partial charge on any atom is 0.108 e. The molecule has 1 saturated carbocycles. The first-order chi connectivity index (χ1) is 9.63. The van der Waals surface area contributed by atoms with Gasteiger partial charge in [-0.2, -0.15) is 0 Å². The highest BCUT2D eigenvalue weighted by Crippen LogP contribution is 2.29. The van der Waals surface area contributed by atoms with Crippen LogP contribution in [0.3, 0.4) is 0 Å². The summed E-state index contributed by atoms with van der Waals surface area (Å²) in [6.07, 6.45) is 5.11. The topological polar surface area (TPSA) is 51.7 Å². The number of rotatable bonds is 3. The van der Waals surface area contributed by atoms with Crippen LogP contribution < -0.4 is 5.32 Å². The summed E-state index contributed by atoms with van der Waals surface area (Å²) in [7, 11) is 0. The van der Waals surface area contributed by atoms with Gasteiger partial charge in [-0.15, -0.1) is 12.6 Å². The van der Waals surface area contributed by atoms with Crippen molar-refractivity contribution < 1.29 is 0 Å². The fourth-order valence-electron chi connectivity index (χ4n) is 3.03. The summed E-state index contributed by atoms with van der Waals surface area (Å²) in [4.78, 5) is 3.30. The lowest BCUT2D eigenvalue weighted by molar-refractivity contribution is 0.361. The van der Waals surface area contributed by atoms with E-state index in [2.05, 4.69) is 48.1 Å². The zero-order chi connectivity index (χ0) is 14.1. The summed E-state index contributed by atoms with van der Waals surface area (Å²) in [6, 6.07) is 8.80. The molecule has 0 saturated heterocycles. The molecule has 2 aromatic rings. The number of fused-ring (bicyclic) bond motifs is 1. The Morgan fingerprint density at radius 1 is 1.30 bits per heavy atom. The maximum atomic E-state index is 7.63. The van der Waals surface area contributed by atoms with Gasteiger partial charge in [-0.05, 0) is 43.7 Å². The number of aromatic nitrogens is 1. The molecule has 0 atom stereocenters. The van der Waals surface area contributed by atoms with E-state index >= 15 is 0 Å². The average Bonchev–Trinajstić information content (AvgIpc) is 2.87. The predicted octanol–water partition coefficient (Wildman–Crippen LogP) is 4.41. The number of aromatic amines is 1. The van der Waals surface area contributed by atoms with Gasteiger partial charge in [-0.3, -0.25) is 5.41 Å². The van der Waals surface area contributed by atoms with Crippen molar-refractivity contribution in [1.82, 2.24) is 4.98 Å². The lowest BCUT2D eigenvalue weighted by Crippen LogP contribution is -2.25. The molecule has 1 heterocycles. The normalized spacial score (nSPS) is 22.9. The van der Waals surface area contributed by atoms with Crippen LogP contribution in [0.5, 0.6) is 0 Å². The van der Waals surface area contributed by atoms with E-state index in [0.29, 0.717) is 6.04 Å². The van der Waals surface area contributed by atoms with Crippen molar-refractivity contribution >= 4 is 34.3 Å². The van der Waals surface area contributed by atoms with Crippen molar-refractivity contribution in [3.05, 3.63) is 30.0 Å². The molecule has 0 aliphatic heterocycles. The molecule has 0 spiro atoms. The second kappa shape index (κ2) is 5.52. The smallest absolute Gasteiger partial charge is 0.108 e. The minimum atomic E-state index is 0.277. The Morgan fingerprint density at radius 3 is 2.75 bits per heavy atom. The number of nitrogens with one attached hydrogen (secondary N) is 3. The molecule has 0 radical (unpaired) electrons. The van der Waals surface area contributed by atoms with E-state index in [-0.39, 0.29) is 5.04 Å². The third-order valence-electron chi connectivity index (χ3n) is 4.29. The molecule has 1 aromatic heterocycles. The van der Waals surface area contributed by atoms with Crippen LogP contribution in [-0.4, -0.2) is 16.1 Å². The van der Waals surface area contributed by atoms with Gasteiger partial charge in [0.2, 0.25) is 0 Å². The number of anilines is 1. The van der Waals surface area contributed by atoms with Crippen molar-refractivity contribution in [2.75, 3.05) is 5.32 Å². The van der Waals surface area contributed by atoms with E-state index in [9.17, 15) is 0 Å². The third kappa shape index (κ3) is 2.70. The van der Waals surface area contributed by atoms with Crippen LogP contribution in [0.15, 0.2) is 24.3 Å². The Hall–Kier alpha value is -1.42. The van der Waals surface area contributed by atoms with Gasteiger partial charge in [0.25, 0.3) is 0 Å². The number of hydrogen-bond acceptors (Lipinski definition) is 2. The molecular weight excluding hydrogens is 266 g/mol. The van der Waals surface area contributed by atoms with Gasteiger partial charge in [0, 0.05) is 11.4 Å². The van der Waals surface area contributed by atoms with Crippen LogP contribution in [0, 0.1) is 11.3 Å². The van der Waals surface area contributed by atoms with E-state index in [4.69, 9.17) is 5.41 Å². The largest absolute Gasteiger partial charge is 0.381 e. The van der Waals surface area contributed by atoms with Gasteiger partial charge >= 0.3 is 0 Å². The number of hydrogen-bond donors (Lipinski definition) is 4. The number of thiol groups is 1. The van der Waals surface area contributed by atoms with Crippen LogP contribution in [0.4, 0.5) is 5.69 Å². The zero-order valence-electron chi connectivity index (χ0n) is 11.7. The molecule has 1 aliphatic carbocycles. The van der Waals surface area contributed by atoms with Crippen molar-refractivity contribution in [2.24, 2.45) is 5.92 Å². The Bertz CT molecular complexity index is 624. The van der Waals surface area contributed by atoms with Crippen LogP contribution in [-0.2, 0) is 0 Å². The monoisotopic (exact) mass is 287 g/mol. The van der Waals surface area contributed by atoms with Crippen LogP contribution in [0.2, 0.25) is 0 Å². The molecule has 0 amide bonds. The van der Waals surface area contributed by atoms with Crippen LogP contribution >= 0.6 is 12.6 Å². The van der Waals surface area contributed by atoms with Gasteiger partial charge in [0.15, 0.2) is 0 Å². The molecule has 106 valence electrons. The number of benzene rings is 1. The summed E-state index contributed by atoms with van der Waals surface area (Å²) in [5.41, 5.74) is 3.00. The highest BCUT2D eigenvalue weighted by molar-refractivity contribution is 7.97. The molecule has 1 aliphatic rings. The van der Waals surface area contributed by atoms with E-state index in [1.165, 1.54) is 25.7 Å². The summed E-state index contributed by atoms with van der Waals surface area (Å²) >= 11 is 4.10. The first kappa shape index (κ1) is 13.6. The van der Waals surface area contributed by atoms with E-state index in [1.807, 2.05) is 6.07 Å². The van der Waals surface area contributed by atoms with Crippen molar-refractivity contribution in [3.8, 4) is 0 Å². The predicted molar refractivity (Wildman–Crippen MR) is 89.2 cm³/mol. The molecule has 1 aromatic carbocycles.